The van der Waals surface area contributed by atoms with Crippen molar-refractivity contribution in [3.05, 3.63) is 40.6 Å². The van der Waals surface area contributed by atoms with Crippen LogP contribution >= 0.6 is 15.9 Å². The minimum atomic E-state index is -0.392. The number of nitrogens with one attached hydrogen (secondary N) is 1. The molecule has 2 heterocycles. The van der Waals surface area contributed by atoms with Gasteiger partial charge < -0.3 is 10.0 Å². The molecule has 0 bridgehead atoms. The number of para-hydroxylation sites is 1. The molecular weight excluding hydrogens is 450 g/mol. The summed E-state index contributed by atoms with van der Waals surface area (Å²) in [5.74, 6) is -0.102. The molecule has 1 aromatic heterocycles. The summed E-state index contributed by atoms with van der Waals surface area (Å²) in [5.41, 5.74) is 1.86. The van der Waals surface area contributed by atoms with Crippen molar-refractivity contribution < 1.29 is 14.7 Å². The summed E-state index contributed by atoms with van der Waals surface area (Å²) in [6, 6.07) is 7.33. The highest BCUT2D eigenvalue weighted by Gasteiger charge is 2.32. The van der Waals surface area contributed by atoms with Crippen molar-refractivity contribution >= 4 is 39.4 Å². The van der Waals surface area contributed by atoms with E-state index in [2.05, 4.69) is 45.1 Å². The van der Waals surface area contributed by atoms with Crippen molar-refractivity contribution in [2.24, 2.45) is 0 Å². The zero-order valence-electron chi connectivity index (χ0n) is 17.3. The van der Waals surface area contributed by atoms with Gasteiger partial charge in [0.2, 0.25) is 5.91 Å². The topological polar surface area (TPSA) is 98.7 Å². The molecule has 0 aliphatic carbocycles. The van der Waals surface area contributed by atoms with Crippen molar-refractivity contribution in [1.29, 1.82) is 0 Å². The van der Waals surface area contributed by atoms with Crippen LogP contribution in [0.5, 0.6) is 5.88 Å². The van der Waals surface area contributed by atoms with Gasteiger partial charge >= 0.3 is 6.03 Å². The average Bonchev–Trinajstić information content (AvgIpc) is 2.71. The predicted molar refractivity (Wildman–Crippen MR) is 119 cm³/mol. The zero-order valence-corrected chi connectivity index (χ0v) is 18.9. The number of hydrogen-bond donors (Lipinski definition) is 2. The summed E-state index contributed by atoms with van der Waals surface area (Å²) in [7, 11) is 0. The fourth-order valence-corrected chi connectivity index (χ4v) is 3.98. The summed E-state index contributed by atoms with van der Waals surface area (Å²) in [4.78, 5) is 36.6. The quantitative estimate of drug-likeness (QED) is 0.692. The van der Waals surface area contributed by atoms with Crippen LogP contribution in [0.1, 0.15) is 45.1 Å². The van der Waals surface area contributed by atoms with Crippen LogP contribution in [0, 0.1) is 0 Å². The van der Waals surface area contributed by atoms with E-state index in [-0.39, 0.29) is 29.6 Å². The van der Waals surface area contributed by atoms with Crippen LogP contribution in [0.25, 0.3) is 0 Å². The molecule has 2 N–H and O–H groups in total. The number of amides is 3. The van der Waals surface area contributed by atoms with Gasteiger partial charge in [-0.1, -0.05) is 32.0 Å². The summed E-state index contributed by atoms with van der Waals surface area (Å²) in [6.45, 7) is 6.92. The third-order valence-electron chi connectivity index (χ3n) is 5.26. The molecule has 3 rings (SSSR count). The molecule has 0 saturated carbocycles. The molecule has 2 aromatic rings. The Kier molecular flexibility index (Phi) is 6.91. The van der Waals surface area contributed by atoms with Crippen LogP contribution < -0.4 is 10.2 Å². The van der Waals surface area contributed by atoms with Crippen molar-refractivity contribution in [2.75, 3.05) is 23.3 Å². The van der Waals surface area contributed by atoms with Gasteiger partial charge in [-0.2, -0.15) is 0 Å². The van der Waals surface area contributed by atoms with Gasteiger partial charge in [0, 0.05) is 31.7 Å². The molecule has 1 aromatic carbocycles. The Morgan fingerprint density at radius 1 is 1.27 bits per heavy atom. The van der Waals surface area contributed by atoms with E-state index in [1.54, 1.807) is 16.7 Å². The molecule has 30 heavy (non-hydrogen) atoms. The average molecular weight is 476 g/mol. The first-order chi connectivity index (χ1) is 14.3. The van der Waals surface area contributed by atoms with Gasteiger partial charge in [-0.25, -0.2) is 14.8 Å². The fraction of sp³-hybridized carbons (Fsp3) is 0.429. The third kappa shape index (κ3) is 4.89. The number of anilines is 2. The molecule has 1 aliphatic rings. The maximum absolute atomic E-state index is 13.4. The Morgan fingerprint density at radius 2 is 1.93 bits per heavy atom. The number of rotatable bonds is 4. The summed E-state index contributed by atoms with van der Waals surface area (Å²) in [5, 5.41) is 12.8. The number of likely N-dealkylation sites (tertiary alicyclic amines) is 1. The van der Waals surface area contributed by atoms with E-state index >= 15 is 0 Å². The Morgan fingerprint density at radius 3 is 2.53 bits per heavy atom. The van der Waals surface area contributed by atoms with Crippen LogP contribution in [0.15, 0.2) is 35.1 Å². The lowest BCUT2D eigenvalue weighted by molar-refractivity contribution is -0.129. The maximum Gasteiger partial charge on any atom is 0.327 e. The van der Waals surface area contributed by atoms with Crippen LogP contribution in [-0.4, -0.2) is 51.0 Å². The molecule has 160 valence electrons. The van der Waals surface area contributed by atoms with Gasteiger partial charge in [0.15, 0.2) is 5.82 Å². The third-order valence-corrected chi connectivity index (χ3v) is 5.64. The largest absolute Gasteiger partial charge is 0.491 e. The number of hydrogen-bond acceptors (Lipinski definition) is 5. The minimum absolute atomic E-state index is 0.00333. The number of carbonyl (C=O) groups is 2. The summed E-state index contributed by atoms with van der Waals surface area (Å²) >= 11 is 3.14. The number of benzene rings is 1. The first-order valence-electron chi connectivity index (χ1n) is 9.94. The van der Waals surface area contributed by atoms with Crippen LogP contribution in [0.2, 0.25) is 0 Å². The first-order valence-corrected chi connectivity index (χ1v) is 10.7. The van der Waals surface area contributed by atoms with Crippen molar-refractivity contribution in [3.8, 4) is 5.88 Å². The molecule has 0 atom stereocenters. The molecule has 1 aliphatic heterocycles. The number of aromatic hydroxyl groups is 1. The van der Waals surface area contributed by atoms with Crippen molar-refractivity contribution in [2.45, 2.75) is 45.6 Å². The van der Waals surface area contributed by atoms with Gasteiger partial charge in [-0.15, -0.1) is 0 Å². The maximum atomic E-state index is 13.4. The summed E-state index contributed by atoms with van der Waals surface area (Å²) < 4.78 is 0.372. The smallest absolute Gasteiger partial charge is 0.327 e. The second-order valence-electron chi connectivity index (χ2n) is 7.62. The van der Waals surface area contributed by atoms with E-state index in [0.717, 1.165) is 11.3 Å². The highest BCUT2D eigenvalue weighted by molar-refractivity contribution is 9.10. The van der Waals surface area contributed by atoms with Gasteiger partial charge in [-0.05, 0) is 46.3 Å². The minimum Gasteiger partial charge on any atom is -0.491 e. The highest BCUT2D eigenvalue weighted by Crippen LogP contribution is 2.32. The standard InChI is InChI=1S/C21H26BrN5O3/c1-13(2)16-6-4-5-7-17(16)27(15-8-10-26(11-9-15)14(3)28)21(30)25-19-20(29)24-18(22)12-23-19/h4-7,12-13,15H,8-11H2,1-3H3,(H,24,29)(H,23,25,30). The lowest BCUT2D eigenvalue weighted by atomic mass is 9.97. The van der Waals surface area contributed by atoms with Crippen LogP contribution in [-0.2, 0) is 4.79 Å². The Balaban J connectivity index is 1.93. The highest BCUT2D eigenvalue weighted by atomic mass is 79.9. The Labute approximate surface area is 184 Å². The number of urea groups is 1. The second kappa shape index (κ2) is 9.42. The predicted octanol–water partition coefficient (Wildman–Crippen LogP) is 4.12. The Hall–Kier alpha value is -2.68. The van der Waals surface area contributed by atoms with E-state index in [4.69, 9.17) is 0 Å². The van der Waals surface area contributed by atoms with Gasteiger partial charge in [0.1, 0.15) is 4.60 Å². The molecular formula is C21H26BrN5O3. The zero-order chi connectivity index (χ0) is 21.8. The van der Waals surface area contributed by atoms with Gasteiger partial charge in [-0.3, -0.25) is 15.0 Å². The lowest BCUT2D eigenvalue weighted by Gasteiger charge is -2.39. The van der Waals surface area contributed by atoms with Crippen molar-refractivity contribution in [1.82, 2.24) is 14.9 Å². The molecule has 1 saturated heterocycles. The summed E-state index contributed by atoms with van der Waals surface area (Å²) in [6.07, 6.45) is 2.74. The van der Waals surface area contributed by atoms with E-state index < -0.39 is 6.03 Å². The van der Waals surface area contributed by atoms with E-state index in [1.807, 2.05) is 24.3 Å². The molecule has 0 spiro atoms. The van der Waals surface area contributed by atoms with Gasteiger partial charge in [0.05, 0.1) is 6.20 Å². The van der Waals surface area contributed by atoms with E-state index in [1.165, 1.54) is 6.20 Å². The number of aromatic nitrogens is 2. The molecule has 8 nitrogen and oxygen atoms in total. The molecule has 9 heteroatoms. The lowest BCUT2D eigenvalue weighted by Crippen LogP contribution is -2.50. The number of carbonyl (C=O) groups excluding carboxylic acids is 2. The number of piperidine rings is 1. The second-order valence-corrected chi connectivity index (χ2v) is 8.43. The van der Waals surface area contributed by atoms with Crippen LogP contribution in [0.4, 0.5) is 16.3 Å². The monoisotopic (exact) mass is 475 g/mol. The SMILES string of the molecule is CC(=O)N1CCC(N(C(=O)Nc2ncc(Br)nc2O)c2ccccc2C(C)C)CC1. The molecule has 3 amide bonds. The molecule has 0 radical (unpaired) electrons. The number of nitrogens with zero attached hydrogens (tertiary/aromatic N) is 4. The van der Waals surface area contributed by atoms with Gasteiger partial charge in [0.25, 0.3) is 5.88 Å². The Bertz CT molecular complexity index is 929. The van der Waals surface area contributed by atoms with E-state index in [9.17, 15) is 14.7 Å². The van der Waals surface area contributed by atoms with Crippen LogP contribution in [0.3, 0.4) is 0 Å². The molecule has 1 fully saturated rings. The molecule has 0 unspecified atom stereocenters. The van der Waals surface area contributed by atoms with Crippen molar-refractivity contribution in [3.63, 3.8) is 0 Å². The first kappa shape index (κ1) is 22.0. The number of halogens is 1. The van der Waals surface area contributed by atoms with E-state index in [0.29, 0.717) is 30.5 Å². The fourth-order valence-electron chi connectivity index (χ4n) is 3.71. The normalized spacial score (nSPS) is 14.6.